The van der Waals surface area contributed by atoms with Crippen molar-refractivity contribution in [1.82, 2.24) is 0 Å². The molecule has 0 heterocycles. The van der Waals surface area contributed by atoms with Crippen LogP contribution in [0.4, 0.5) is 0 Å². The highest BCUT2D eigenvalue weighted by molar-refractivity contribution is 8.00. The van der Waals surface area contributed by atoms with Crippen LogP contribution in [0.15, 0.2) is 17.8 Å². The first kappa shape index (κ1) is 14.0. The van der Waals surface area contributed by atoms with E-state index in [2.05, 4.69) is 16.6 Å². The van der Waals surface area contributed by atoms with Crippen molar-refractivity contribution < 1.29 is 14.7 Å². The lowest BCUT2D eigenvalue weighted by Crippen LogP contribution is -2.30. The van der Waals surface area contributed by atoms with Crippen molar-refractivity contribution in [1.29, 1.82) is 0 Å². The van der Waals surface area contributed by atoms with Crippen molar-refractivity contribution in [2.45, 2.75) is 19.1 Å². The second kappa shape index (κ2) is 7.34. The van der Waals surface area contributed by atoms with Crippen LogP contribution in [0.5, 0.6) is 0 Å². The molecule has 1 N–H and O–H groups in total. The molecule has 1 unspecified atom stereocenters. The van der Waals surface area contributed by atoms with Gasteiger partial charge in [0.05, 0.1) is 5.25 Å². The normalized spacial score (nSPS) is 13.7. The largest absolute Gasteiger partial charge is 0.477 e. The van der Waals surface area contributed by atoms with Gasteiger partial charge in [-0.05, 0) is 5.92 Å². The van der Waals surface area contributed by atoms with E-state index in [-0.39, 0.29) is 16.9 Å². The van der Waals surface area contributed by atoms with Gasteiger partial charge in [-0.15, -0.1) is 18.3 Å². The zero-order chi connectivity index (χ0) is 11.8. The summed E-state index contributed by atoms with van der Waals surface area (Å²) in [5.74, 6) is -0.161. The van der Waals surface area contributed by atoms with Crippen molar-refractivity contribution in [3.63, 3.8) is 0 Å². The molecule has 0 saturated heterocycles. The predicted octanol–water partition coefficient (Wildman–Crippen LogP) is 2.02. The Bertz CT molecular complexity index is 251. The third kappa shape index (κ3) is 4.88. The molecule has 0 bridgehead atoms. The highest BCUT2D eigenvalue weighted by Gasteiger charge is 2.26. The Hall–Kier alpha value is -0.970. The van der Waals surface area contributed by atoms with Crippen LogP contribution in [0, 0.1) is 5.92 Å². The van der Waals surface area contributed by atoms with Gasteiger partial charge in [-0.25, -0.2) is 4.79 Å². The second-order valence-corrected chi connectivity index (χ2v) is 4.43. The summed E-state index contributed by atoms with van der Waals surface area (Å²) in [7, 11) is 1.35. The summed E-state index contributed by atoms with van der Waals surface area (Å²) < 4.78 is 0. The predicted molar refractivity (Wildman–Crippen MR) is 63.4 cm³/mol. The van der Waals surface area contributed by atoms with Gasteiger partial charge in [0, 0.05) is 5.75 Å². The highest BCUT2D eigenvalue weighted by atomic mass is 32.2. The van der Waals surface area contributed by atoms with E-state index in [0.29, 0.717) is 5.75 Å². The van der Waals surface area contributed by atoms with Gasteiger partial charge in [0.15, 0.2) is 5.71 Å². The molecule has 0 saturated carbocycles. The first-order valence-electron chi connectivity index (χ1n) is 4.61. The molecular weight excluding hydrogens is 214 g/mol. The fraction of sp³-hybridized carbons (Fsp3) is 0.600. The molecule has 4 nitrogen and oxygen atoms in total. The van der Waals surface area contributed by atoms with Crippen LogP contribution in [-0.2, 0) is 9.63 Å². The molecule has 0 rings (SSSR count). The fourth-order valence-corrected chi connectivity index (χ4v) is 2.10. The third-order valence-corrected chi connectivity index (χ3v) is 3.23. The average Bonchev–Trinajstić information content (AvgIpc) is 2.16. The molecular formula is C10H17NO3S. The molecule has 86 valence electrons. The number of oxime groups is 1. The van der Waals surface area contributed by atoms with Crippen LogP contribution in [-0.4, -0.2) is 34.9 Å². The van der Waals surface area contributed by atoms with Gasteiger partial charge in [-0.3, -0.25) is 0 Å². The van der Waals surface area contributed by atoms with Crippen molar-refractivity contribution >= 4 is 23.4 Å². The van der Waals surface area contributed by atoms with Crippen molar-refractivity contribution in [3.05, 3.63) is 12.7 Å². The minimum atomic E-state index is -1.04. The third-order valence-electron chi connectivity index (χ3n) is 1.68. The van der Waals surface area contributed by atoms with Gasteiger partial charge >= 0.3 is 5.97 Å². The molecule has 5 heteroatoms. The van der Waals surface area contributed by atoms with Crippen LogP contribution in [0.3, 0.4) is 0 Å². The number of hydrogen-bond acceptors (Lipinski definition) is 4. The van der Waals surface area contributed by atoms with Crippen molar-refractivity contribution in [2.75, 3.05) is 12.9 Å². The van der Waals surface area contributed by atoms with E-state index in [0.717, 1.165) is 0 Å². The molecule has 15 heavy (non-hydrogen) atoms. The molecule has 0 spiro atoms. The zero-order valence-corrected chi connectivity index (χ0v) is 10.1. The summed E-state index contributed by atoms with van der Waals surface area (Å²) in [4.78, 5) is 15.5. The van der Waals surface area contributed by atoms with Gasteiger partial charge in [0.2, 0.25) is 0 Å². The number of carboxylic acid groups (broad SMARTS) is 1. The van der Waals surface area contributed by atoms with Crippen LogP contribution in [0.25, 0.3) is 0 Å². The maximum absolute atomic E-state index is 10.9. The van der Waals surface area contributed by atoms with E-state index in [1.807, 2.05) is 13.8 Å². The smallest absolute Gasteiger partial charge is 0.354 e. The molecule has 0 aliphatic carbocycles. The summed E-state index contributed by atoms with van der Waals surface area (Å²) in [6.07, 6.45) is 1.74. The van der Waals surface area contributed by atoms with E-state index in [4.69, 9.17) is 5.11 Å². The van der Waals surface area contributed by atoms with Gasteiger partial charge in [-0.2, -0.15) is 0 Å². The van der Waals surface area contributed by atoms with Crippen LogP contribution in [0.2, 0.25) is 0 Å². The summed E-state index contributed by atoms with van der Waals surface area (Å²) >= 11 is 1.50. The molecule has 0 aliphatic heterocycles. The molecule has 0 aromatic heterocycles. The lowest BCUT2D eigenvalue weighted by atomic mass is 10.1. The summed E-state index contributed by atoms with van der Waals surface area (Å²) in [6, 6.07) is 0. The van der Waals surface area contributed by atoms with Crippen molar-refractivity contribution in [3.8, 4) is 0 Å². The summed E-state index contributed by atoms with van der Waals surface area (Å²) in [5.41, 5.74) is 0.0550. The molecule has 0 amide bonds. The minimum Gasteiger partial charge on any atom is -0.477 e. The summed E-state index contributed by atoms with van der Waals surface area (Å²) in [6.45, 7) is 7.51. The van der Waals surface area contributed by atoms with E-state index in [9.17, 15) is 4.79 Å². The van der Waals surface area contributed by atoms with Crippen LogP contribution < -0.4 is 0 Å². The highest BCUT2D eigenvalue weighted by Crippen LogP contribution is 2.21. The van der Waals surface area contributed by atoms with E-state index < -0.39 is 5.97 Å². The van der Waals surface area contributed by atoms with E-state index in [1.54, 1.807) is 6.08 Å². The lowest BCUT2D eigenvalue weighted by molar-refractivity contribution is -0.129. The lowest BCUT2D eigenvalue weighted by Gasteiger charge is -2.18. The zero-order valence-electron chi connectivity index (χ0n) is 9.27. The maximum Gasteiger partial charge on any atom is 0.354 e. The molecule has 0 radical (unpaired) electrons. The molecule has 0 aromatic rings. The molecule has 1 atom stereocenters. The molecule has 0 aliphatic rings. The number of thioether (sulfide) groups is 1. The Morgan fingerprint density at radius 1 is 1.67 bits per heavy atom. The molecule has 0 fully saturated rings. The Morgan fingerprint density at radius 2 is 2.27 bits per heavy atom. The standard InChI is InChI=1S/C10H17NO3S/c1-5-6-15-9(7(2)3)8(10(12)13)11-14-4/h5,7,9H,1,6H2,2-4H3,(H,12,13). The van der Waals surface area contributed by atoms with Gasteiger partial charge in [-0.1, -0.05) is 25.1 Å². The Morgan fingerprint density at radius 3 is 2.60 bits per heavy atom. The van der Waals surface area contributed by atoms with E-state index in [1.165, 1.54) is 18.9 Å². The number of carboxylic acids is 1. The number of nitrogens with zero attached hydrogens (tertiary/aromatic N) is 1. The topological polar surface area (TPSA) is 58.9 Å². The monoisotopic (exact) mass is 231 g/mol. The Balaban J connectivity index is 4.75. The van der Waals surface area contributed by atoms with Crippen molar-refractivity contribution in [2.24, 2.45) is 11.1 Å². The van der Waals surface area contributed by atoms with Crippen LogP contribution in [0.1, 0.15) is 13.8 Å². The summed E-state index contributed by atoms with van der Waals surface area (Å²) in [5, 5.41) is 12.4. The number of aliphatic carboxylic acids is 1. The minimum absolute atomic E-state index is 0.0550. The van der Waals surface area contributed by atoms with Gasteiger partial charge < -0.3 is 9.94 Å². The Labute approximate surface area is 94.4 Å². The first-order valence-corrected chi connectivity index (χ1v) is 5.66. The van der Waals surface area contributed by atoms with Gasteiger partial charge in [0.25, 0.3) is 0 Å². The first-order chi connectivity index (χ1) is 7.04. The van der Waals surface area contributed by atoms with Crippen LogP contribution >= 0.6 is 11.8 Å². The second-order valence-electron chi connectivity index (χ2n) is 3.25. The number of rotatable bonds is 7. The maximum atomic E-state index is 10.9. The van der Waals surface area contributed by atoms with E-state index >= 15 is 0 Å². The number of hydrogen-bond donors (Lipinski definition) is 1. The quantitative estimate of drug-likeness (QED) is 0.414. The average molecular weight is 231 g/mol. The fourth-order valence-electron chi connectivity index (χ4n) is 1.07. The SMILES string of the molecule is C=CCSC(C(=NOC)C(=O)O)C(C)C. The Kier molecular flexibility index (Phi) is 6.86. The molecule has 0 aromatic carbocycles. The van der Waals surface area contributed by atoms with Gasteiger partial charge in [0.1, 0.15) is 7.11 Å². The number of carbonyl (C=O) groups is 1.